The molecule has 0 aliphatic carbocycles. The molecule has 0 saturated carbocycles. The molecular formula is C4H4Br2NRu. The van der Waals surface area contributed by atoms with Crippen LogP contribution in [0.4, 0.5) is 0 Å². The summed E-state index contributed by atoms with van der Waals surface area (Å²) in [6.07, 6.45) is 1.89. The number of aromatic amines is 1. The molecule has 1 nitrogen and oxygen atoms in total. The van der Waals surface area contributed by atoms with Crippen LogP contribution in [0.5, 0.6) is 0 Å². The summed E-state index contributed by atoms with van der Waals surface area (Å²) in [5, 5.41) is 0. The first kappa shape index (κ1) is 11.6. The number of rotatable bonds is 0. The fraction of sp³-hybridized carbons (Fsp3) is 0. The van der Waals surface area contributed by atoms with E-state index in [9.17, 15) is 0 Å². The molecule has 0 fully saturated rings. The monoisotopic (exact) mass is 326 g/mol. The first-order chi connectivity index (χ1) is 2.89. The Bertz CT molecular complexity index is 118. The SMILES string of the molecule is [Br-].[Br-].[Ru+2][c]1ccc[nH]1. The number of halogens is 2. The van der Waals surface area contributed by atoms with Crippen LogP contribution >= 0.6 is 0 Å². The quantitative estimate of drug-likeness (QED) is 0.457. The number of hydrogen-bond donors (Lipinski definition) is 1. The molecule has 0 aromatic carbocycles. The van der Waals surface area contributed by atoms with Crippen LogP contribution in [0.1, 0.15) is 0 Å². The van der Waals surface area contributed by atoms with Crippen molar-refractivity contribution in [2.24, 2.45) is 0 Å². The Morgan fingerprint density at radius 1 is 1.38 bits per heavy atom. The van der Waals surface area contributed by atoms with Crippen LogP contribution in [0.25, 0.3) is 0 Å². The van der Waals surface area contributed by atoms with Gasteiger partial charge < -0.3 is 34.0 Å². The molecule has 0 atom stereocenters. The van der Waals surface area contributed by atoms with E-state index in [0.29, 0.717) is 0 Å². The van der Waals surface area contributed by atoms with Crippen LogP contribution in [0.15, 0.2) is 18.3 Å². The van der Waals surface area contributed by atoms with Gasteiger partial charge in [-0.1, -0.05) is 0 Å². The minimum absolute atomic E-state index is 0. The van der Waals surface area contributed by atoms with E-state index < -0.39 is 0 Å². The number of H-pyrrole nitrogens is 1. The molecule has 0 aliphatic heterocycles. The zero-order chi connectivity index (χ0) is 4.41. The Labute approximate surface area is 79.5 Å². The van der Waals surface area contributed by atoms with Gasteiger partial charge in [0.25, 0.3) is 0 Å². The van der Waals surface area contributed by atoms with Gasteiger partial charge in [0.2, 0.25) is 0 Å². The molecule has 0 spiro atoms. The van der Waals surface area contributed by atoms with Gasteiger partial charge >= 0.3 is 45.9 Å². The molecule has 1 rings (SSSR count). The van der Waals surface area contributed by atoms with Crippen molar-refractivity contribution >= 4 is 4.29 Å². The van der Waals surface area contributed by atoms with Gasteiger partial charge in [-0.05, 0) is 0 Å². The van der Waals surface area contributed by atoms with E-state index in [-0.39, 0.29) is 34.0 Å². The zero-order valence-corrected chi connectivity index (χ0v) is 8.75. The Morgan fingerprint density at radius 2 is 2.00 bits per heavy atom. The van der Waals surface area contributed by atoms with Crippen LogP contribution in [-0.2, 0) is 18.3 Å². The van der Waals surface area contributed by atoms with Gasteiger partial charge in [0, 0.05) is 0 Å². The van der Waals surface area contributed by atoms with Crippen LogP contribution in [0.2, 0.25) is 0 Å². The second-order valence-electron chi connectivity index (χ2n) is 1.00. The van der Waals surface area contributed by atoms with Gasteiger partial charge in [0.15, 0.2) is 0 Å². The molecule has 8 heavy (non-hydrogen) atoms. The number of aromatic nitrogens is 1. The standard InChI is InChI=1S/C4H4N.2BrH.Ru/c1-2-4-5-3-1;;;/h1-3,5H;2*1H;/q;;;+2/p-2. The van der Waals surface area contributed by atoms with E-state index in [4.69, 9.17) is 0 Å². The maximum atomic E-state index is 2.97. The van der Waals surface area contributed by atoms with Gasteiger partial charge in [0.05, 0.1) is 0 Å². The van der Waals surface area contributed by atoms with Crippen molar-refractivity contribution in [1.29, 1.82) is 0 Å². The molecule has 1 aromatic rings. The van der Waals surface area contributed by atoms with Crippen LogP contribution in [-0.4, -0.2) is 4.98 Å². The van der Waals surface area contributed by atoms with Crippen LogP contribution < -0.4 is 38.3 Å². The third-order valence-electron chi connectivity index (χ3n) is 0.552. The molecule has 0 saturated heterocycles. The van der Waals surface area contributed by atoms with Gasteiger partial charge in [-0.3, -0.25) is 0 Å². The number of hydrogen-bond acceptors (Lipinski definition) is 0. The van der Waals surface area contributed by atoms with Gasteiger partial charge in [-0.2, -0.15) is 0 Å². The van der Waals surface area contributed by atoms with Crippen molar-refractivity contribution in [2.75, 3.05) is 0 Å². The molecule has 0 radical (unpaired) electrons. The Morgan fingerprint density at radius 3 is 2.12 bits per heavy atom. The third-order valence-corrected chi connectivity index (χ3v) is 1.09. The van der Waals surface area contributed by atoms with Crippen molar-refractivity contribution in [3.8, 4) is 0 Å². The summed E-state index contributed by atoms with van der Waals surface area (Å²) < 4.78 is 1.15. The summed E-state index contributed by atoms with van der Waals surface area (Å²) in [6, 6.07) is 3.96. The fourth-order valence-corrected chi connectivity index (χ4v) is 0.616. The molecule has 0 unspecified atom stereocenters. The summed E-state index contributed by atoms with van der Waals surface area (Å²) in [5.74, 6) is 0. The molecule has 4 heteroatoms. The molecular weight excluding hydrogens is 323 g/mol. The Kier molecular flexibility index (Phi) is 8.71. The van der Waals surface area contributed by atoms with Crippen molar-refractivity contribution in [3.63, 3.8) is 0 Å². The van der Waals surface area contributed by atoms with Gasteiger partial charge in [-0.15, -0.1) is 0 Å². The second kappa shape index (κ2) is 5.99. The molecule has 0 aliphatic rings. The molecule has 1 heterocycles. The van der Waals surface area contributed by atoms with Crippen molar-refractivity contribution in [3.05, 3.63) is 18.3 Å². The third kappa shape index (κ3) is 3.82. The van der Waals surface area contributed by atoms with E-state index in [1.54, 1.807) is 0 Å². The zero-order valence-electron chi connectivity index (χ0n) is 3.84. The summed E-state index contributed by atoms with van der Waals surface area (Å²) in [7, 11) is 0. The summed E-state index contributed by atoms with van der Waals surface area (Å²) in [6.45, 7) is 0. The Hall–Kier alpha value is 0.863. The molecule has 1 N–H and O–H groups in total. The van der Waals surface area contributed by atoms with Crippen molar-refractivity contribution in [2.45, 2.75) is 0 Å². The van der Waals surface area contributed by atoms with Crippen molar-refractivity contribution in [1.82, 2.24) is 4.98 Å². The molecule has 1 aromatic heterocycles. The average Bonchev–Trinajstić information content (AvgIpc) is 1.86. The van der Waals surface area contributed by atoms with Gasteiger partial charge in [0.1, 0.15) is 0 Å². The summed E-state index contributed by atoms with van der Waals surface area (Å²) >= 11 is 2.48. The first-order valence-corrected chi connectivity index (χ1v) is 2.54. The molecule has 47 valence electrons. The van der Waals surface area contributed by atoms with Gasteiger partial charge in [-0.25, -0.2) is 0 Å². The predicted octanol–water partition coefficient (Wildman–Crippen LogP) is -5.81. The second-order valence-corrected chi connectivity index (χ2v) is 1.94. The van der Waals surface area contributed by atoms with E-state index in [2.05, 4.69) is 23.3 Å². The van der Waals surface area contributed by atoms with Crippen molar-refractivity contribution < 1.29 is 52.3 Å². The normalized spacial score (nSPS) is 6.50. The van der Waals surface area contributed by atoms with E-state index in [1.165, 1.54) is 0 Å². The van der Waals surface area contributed by atoms with Crippen LogP contribution in [0.3, 0.4) is 0 Å². The molecule has 0 amide bonds. The predicted molar refractivity (Wildman–Crippen MR) is 20.4 cm³/mol. The topological polar surface area (TPSA) is 15.8 Å². The van der Waals surface area contributed by atoms with Crippen LogP contribution in [0, 0.1) is 0 Å². The summed E-state index contributed by atoms with van der Waals surface area (Å²) in [5.41, 5.74) is 0. The van der Waals surface area contributed by atoms with E-state index in [0.717, 1.165) is 4.29 Å². The average molecular weight is 327 g/mol. The first-order valence-electron chi connectivity index (χ1n) is 1.67. The molecule has 0 bridgehead atoms. The summed E-state index contributed by atoms with van der Waals surface area (Å²) in [4.78, 5) is 2.97. The Balaban J connectivity index is 0. The number of nitrogens with one attached hydrogen (secondary N) is 1. The van der Waals surface area contributed by atoms with E-state index >= 15 is 0 Å². The van der Waals surface area contributed by atoms with E-state index in [1.807, 2.05) is 18.3 Å². The fourth-order valence-electron chi connectivity index (χ4n) is 0.304. The maximum absolute atomic E-state index is 2.97. The minimum atomic E-state index is 0.